The van der Waals surface area contributed by atoms with Crippen molar-refractivity contribution < 1.29 is 13.2 Å². The molecule has 0 unspecified atom stereocenters. The van der Waals surface area contributed by atoms with Gasteiger partial charge < -0.3 is 14.8 Å². The van der Waals surface area contributed by atoms with Crippen LogP contribution in [0.4, 0.5) is 13.2 Å². The molecule has 184 valence electrons. The van der Waals surface area contributed by atoms with Crippen LogP contribution >= 0.6 is 12.2 Å². The summed E-state index contributed by atoms with van der Waals surface area (Å²) in [6.45, 7) is 4.31. The van der Waals surface area contributed by atoms with Crippen LogP contribution in [-0.4, -0.2) is 24.5 Å². The average molecular weight is 508 g/mol. The van der Waals surface area contributed by atoms with Gasteiger partial charge >= 0.3 is 6.18 Å². The lowest BCUT2D eigenvalue weighted by molar-refractivity contribution is -0.137. The van der Waals surface area contributed by atoms with Gasteiger partial charge in [-0.25, -0.2) is 0 Å². The van der Waals surface area contributed by atoms with Crippen LogP contribution in [0.15, 0.2) is 79.1 Å². The molecule has 3 aromatic heterocycles. The van der Waals surface area contributed by atoms with Crippen molar-refractivity contribution in [3.63, 3.8) is 0 Å². The van der Waals surface area contributed by atoms with Gasteiger partial charge in [0.1, 0.15) is 0 Å². The summed E-state index contributed by atoms with van der Waals surface area (Å²) in [5, 5.41) is 4.00. The van der Waals surface area contributed by atoms with Crippen LogP contribution in [0.1, 0.15) is 46.0 Å². The molecule has 1 aliphatic heterocycles. The maximum atomic E-state index is 13.4. The summed E-state index contributed by atoms with van der Waals surface area (Å²) in [5.41, 5.74) is 4.11. The Kier molecular flexibility index (Phi) is 6.26. The van der Waals surface area contributed by atoms with E-state index in [9.17, 15) is 13.2 Å². The van der Waals surface area contributed by atoms with Gasteiger partial charge in [-0.2, -0.15) is 13.2 Å². The van der Waals surface area contributed by atoms with Crippen molar-refractivity contribution in [1.29, 1.82) is 0 Å². The lowest BCUT2D eigenvalue weighted by Crippen LogP contribution is -2.29. The van der Waals surface area contributed by atoms with Gasteiger partial charge in [-0.1, -0.05) is 18.2 Å². The van der Waals surface area contributed by atoms with Crippen LogP contribution in [0.3, 0.4) is 0 Å². The predicted molar refractivity (Wildman–Crippen MR) is 135 cm³/mol. The Morgan fingerprint density at radius 3 is 2.36 bits per heavy atom. The summed E-state index contributed by atoms with van der Waals surface area (Å²) in [5.74, 6) is 0. The second-order valence-electron chi connectivity index (χ2n) is 8.79. The molecule has 1 fully saturated rings. The van der Waals surface area contributed by atoms with Gasteiger partial charge in [-0.3, -0.25) is 9.97 Å². The summed E-state index contributed by atoms with van der Waals surface area (Å²) in [6, 6.07) is 18.4. The second kappa shape index (κ2) is 9.39. The number of thiocarbonyl (C=S) groups is 1. The highest BCUT2D eigenvalue weighted by Gasteiger charge is 2.41. The standard InChI is InChI=1S/C27H24F3N5S/c1-17-14-22(18(2)35(17)21-10-7-8-19(15-21)27(28,29)30)25-24(23-11-4-6-13-32-23)33-26(36)34(25)16-20-9-3-5-12-31-20/h3-15,24-25H,16H2,1-2H3,(H,33,36)/t24-,25+/m0/s1. The summed E-state index contributed by atoms with van der Waals surface area (Å²) in [4.78, 5) is 11.1. The van der Waals surface area contributed by atoms with Crippen LogP contribution in [0.25, 0.3) is 5.69 Å². The maximum absolute atomic E-state index is 13.4. The van der Waals surface area contributed by atoms with Crippen LogP contribution in [0.5, 0.6) is 0 Å². The molecule has 9 heteroatoms. The fourth-order valence-electron chi connectivity index (χ4n) is 4.89. The minimum atomic E-state index is -4.42. The molecule has 0 aliphatic carbocycles. The van der Waals surface area contributed by atoms with Crippen molar-refractivity contribution >= 4 is 17.3 Å². The number of alkyl halides is 3. The molecule has 0 saturated carbocycles. The minimum absolute atomic E-state index is 0.236. The number of hydrogen-bond acceptors (Lipinski definition) is 3. The number of aromatic nitrogens is 3. The molecule has 36 heavy (non-hydrogen) atoms. The fourth-order valence-corrected chi connectivity index (χ4v) is 5.19. The van der Waals surface area contributed by atoms with Crippen molar-refractivity contribution in [1.82, 2.24) is 24.8 Å². The van der Waals surface area contributed by atoms with Gasteiger partial charge in [0.25, 0.3) is 0 Å². The summed E-state index contributed by atoms with van der Waals surface area (Å²) in [6.07, 6.45) is -0.935. The zero-order chi connectivity index (χ0) is 25.4. The quantitative estimate of drug-likeness (QED) is 0.332. The van der Waals surface area contributed by atoms with Gasteiger partial charge in [-0.05, 0) is 80.2 Å². The molecular weight excluding hydrogens is 483 g/mol. The zero-order valence-electron chi connectivity index (χ0n) is 19.7. The average Bonchev–Trinajstić information content (AvgIpc) is 3.34. The van der Waals surface area contributed by atoms with E-state index in [0.717, 1.165) is 34.4 Å². The van der Waals surface area contributed by atoms with E-state index < -0.39 is 11.7 Å². The number of pyridine rings is 2. The Morgan fingerprint density at radius 1 is 0.944 bits per heavy atom. The first-order valence-electron chi connectivity index (χ1n) is 11.5. The first kappa shape index (κ1) is 24.0. The molecule has 0 radical (unpaired) electrons. The molecule has 1 N–H and O–H groups in total. The van der Waals surface area contributed by atoms with Crippen LogP contribution in [0, 0.1) is 13.8 Å². The number of nitrogens with one attached hydrogen (secondary N) is 1. The molecule has 5 nitrogen and oxygen atoms in total. The molecule has 4 heterocycles. The second-order valence-corrected chi connectivity index (χ2v) is 9.17. The number of nitrogens with zero attached hydrogens (tertiary/aromatic N) is 4. The molecule has 0 spiro atoms. The molecule has 1 aromatic carbocycles. The molecule has 1 aliphatic rings. The van der Waals surface area contributed by atoms with Crippen LogP contribution < -0.4 is 5.32 Å². The van der Waals surface area contributed by atoms with E-state index in [2.05, 4.69) is 20.2 Å². The number of halogens is 3. The Bertz CT molecular complexity index is 1390. The maximum Gasteiger partial charge on any atom is 0.416 e. The van der Waals surface area contributed by atoms with E-state index in [1.54, 1.807) is 18.5 Å². The smallest absolute Gasteiger partial charge is 0.352 e. The van der Waals surface area contributed by atoms with Crippen molar-refractivity contribution in [2.45, 2.75) is 38.7 Å². The van der Waals surface area contributed by atoms with E-state index in [4.69, 9.17) is 12.2 Å². The van der Waals surface area contributed by atoms with Crippen molar-refractivity contribution in [2.24, 2.45) is 0 Å². The van der Waals surface area contributed by atoms with Crippen LogP contribution in [0.2, 0.25) is 0 Å². The third-order valence-electron chi connectivity index (χ3n) is 6.48. The number of aryl methyl sites for hydroxylation is 1. The largest absolute Gasteiger partial charge is 0.416 e. The lowest BCUT2D eigenvalue weighted by Gasteiger charge is -2.28. The van der Waals surface area contributed by atoms with E-state index >= 15 is 0 Å². The van der Waals surface area contributed by atoms with Crippen molar-refractivity contribution in [3.05, 3.63) is 113 Å². The third kappa shape index (κ3) is 4.46. The summed E-state index contributed by atoms with van der Waals surface area (Å²) >= 11 is 5.76. The molecule has 0 bridgehead atoms. The van der Waals surface area contributed by atoms with Gasteiger partial charge in [0.15, 0.2) is 5.11 Å². The minimum Gasteiger partial charge on any atom is -0.352 e. The Hall–Kier alpha value is -3.72. The fraction of sp³-hybridized carbons (Fsp3) is 0.222. The third-order valence-corrected chi connectivity index (χ3v) is 6.83. The van der Waals surface area contributed by atoms with Gasteiger partial charge in [0, 0.05) is 29.5 Å². The van der Waals surface area contributed by atoms with Gasteiger partial charge in [-0.15, -0.1) is 0 Å². The molecule has 0 amide bonds. The first-order valence-corrected chi connectivity index (χ1v) is 11.9. The molecule has 2 atom stereocenters. The highest BCUT2D eigenvalue weighted by atomic mass is 32.1. The topological polar surface area (TPSA) is 46.0 Å². The highest BCUT2D eigenvalue weighted by Crippen LogP contribution is 2.42. The van der Waals surface area contributed by atoms with Crippen molar-refractivity contribution in [3.8, 4) is 5.69 Å². The Balaban J connectivity index is 1.62. The molecule has 5 rings (SSSR count). The van der Waals surface area contributed by atoms with Gasteiger partial charge in [0.05, 0.1) is 35.6 Å². The SMILES string of the molecule is Cc1cc([C@@H]2[C@H](c3ccccn3)NC(=S)N2Cc2ccccn2)c(C)n1-c1cccc(C(F)(F)F)c1. The lowest BCUT2D eigenvalue weighted by atomic mass is 9.96. The normalized spacial score (nSPS) is 17.9. The van der Waals surface area contributed by atoms with E-state index in [1.165, 1.54) is 12.1 Å². The van der Waals surface area contributed by atoms with E-state index in [0.29, 0.717) is 17.3 Å². The Labute approximate surface area is 212 Å². The van der Waals surface area contributed by atoms with E-state index in [-0.39, 0.29) is 12.1 Å². The monoisotopic (exact) mass is 507 g/mol. The number of rotatable bonds is 5. The summed E-state index contributed by atoms with van der Waals surface area (Å²) in [7, 11) is 0. The predicted octanol–water partition coefficient (Wildman–Crippen LogP) is 6.08. The van der Waals surface area contributed by atoms with Crippen LogP contribution in [-0.2, 0) is 12.7 Å². The van der Waals surface area contributed by atoms with Gasteiger partial charge in [0.2, 0.25) is 0 Å². The number of benzene rings is 1. The summed E-state index contributed by atoms with van der Waals surface area (Å²) < 4.78 is 42.1. The van der Waals surface area contributed by atoms with E-state index in [1.807, 2.05) is 60.9 Å². The zero-order valence-corrected chi connectivity index (χ0v) is 20.5. The molecular formula is C27H24F3N5S. The highest BCUT2D eigenvalue weighted by molar-refractivity contribution is 7.80. The molecule has 4 aromatic rings. The Morgan fingerprint density at radius 2 is 1.69 bits per heavy atom. The first-order chi connectivity index (χ1) is 17.2. The van der Waals surface area contributed by atoms with Crippen molar-refractivity contribution in [2.75, 3.05) is 0 Å². The number of hydrogen-bond donors (Lipinski definition) is 1. The molecule has 1 saturated heterocycles.